The van der Waals surface area contributed by atoms with Gasteiger partial charge in [0.1, 0.15) is 0 Å². The SMILES string of the molecule is O=C(NCCc1cccs1)C1CC(F)(F)CN1. The van der Waals surface area contributed by atoms with Crippen molar-refractivity contribution in [3.05, 3.63) is 22.4 Å². The van der Waals surface area contributed by atoms with E-state index in [1.54, 1.807) is 11.3 Å². The lowest BCUT2D eigenvalue weighted by Crippen LogP contribution is -2.41. The Labute approximate surface area is 102 Å². The van der Waals surface area contributed by atoms with E-state index in [4.69, 9.17) is 0 Å². The highest BCUT2D eigenvalue weighted by Crippen LogP contribution is 2.24. The average Bonchev–Trinajstić information content (AvgIpc) is 2.87. The second kappa shape index (κ2) is 5.10. The maximum absolute atomic E-state index is 12.9. The first kappa shape index (κ1) is 12.4. The predicted molar refractivity (Wildman–Crippen MR) is 62.4 cm³/mol. The summed E-state index contributed by atoms with van der Waals surface area (Å²) in [6.45, 7) is 0.0824. The van der Waals surface area contributed by atoms with Crippen LogP contribution in [0.25, 0.3) is 0 Å². The fraction of sp³-hybridized carbons (Fsp3) is 0.545. The van der Waals surface area contributed by atoms with Gasteiger partial charge in [0.2, 0.25) is 5.91 Å². The zero-order valence-corrected chi connectivity index (χ0v) is 10.0. The van der Waals surface area contributed by atoms with Crippen LogP contribution >= 0.6 is 11.3 Å². The highest BCUT2D eigenvalue weighted by Gasteiger charge is 2.42. The quantitative estimate of drug-likeness (QED) is 0.859. The van der Waals surface area contributed by atoms with E-state index in [0.717, 1.165) is 6.42 Å². The molecule has 3 nitrogen and oxygen atoms in total. The van der Waals surface area contributed by atoms with E-state index in [1.165, 1.54) is 4.88 Å². The highest BCUT2D eigenvalue weighted by atomic mass is 32.1. The topological polar surface area (TPSA) is 41.1 Å². The van der Waals surface area contributed by atoms with Crippen LogP contribution in [0.15, 0.2) is 17.5 Å². The minimum Gasteiger partial charge on any atom is -0.354 e. The number of alkyl halides is 2. The third-order valence-corrected chi connectivity index (χ3v) is 3.61. The number of amides is 1. The van der Waals surface area contributed by atoms with Crippen molar-refractivity contribution in [1.82, 2.24) is 10.6 Å². The largest absolute Gasteiger partial charge is 0.354 e. The van der Waals surface area contributed by atoms with E-state index in [9.17, 15) is 13.6 Å². The Morgan fingerprint density at radius 2 is 2.47 bits per heavy atom. The normalized spacial score (nSPS) is 22.6. The van der Waals surface area contributed by atoms with Gasteiger partial charge in [0, 0.05) is 17.8 Å². The lowest BCUT2D eigenvalue weighted by molar-refractivity contribution is -0.123. The predicted octanol–water partition coefficient (Wildman–Crippen LogP) is 1.40. The Hall–Kier alpha value is -1.01. The van der Waals surface area contributed by atoms with E-state index < -0.39 is 24.9 Å². The second-order valence-electron chi connectivity index (χ2n) is 4.11. The molecule has 0 bridgehead atoms. The Morgan fingerprint density at radius 3 is 3.06 bits per heavy atom. The summed E-state index contributed by atoms with van der Waals surface area (Å²) in [6, 6.07) is 3.17. The van der Waals surface area contributed by atoms with E-state index in [1.807, 2.05) is 17.5 Å². The van der Waals surface area contributed by atoms with Crippen LogP contribution in [0.3, 0.4) is 0 Å². The fourth-order valence-corrected chi connectivity index (χ4v) is 2.50. The molecule has 1 atom stereocenters. The zero-order valence-electron chi connectivity index (χ0n) is 9.21. The zero-order chi connectivity index (χ0) is 12.3. The Balaban J connectivity index is 1.71. The summed E-state index contributed by atoms with van der Waals surface area (Å²) in [5.41, 5.74) is 0. The minimum atomic E-state index is -2.75. The molecule has 17 heavy (non-hydrogen) atoms. The van der Waals surface area contributed by atoms with Gasteiger partial charge in [-0.15, -0.1) is 11.3 Å². The third-order valence-electron chi connectivity index (χ3n) is 2.68. The van der Waals surface area contributed by atoms with Gasteiger partial charge in [-0.25, -0.2) is 8.78 Å². The van der Waals surface area contributed by atoms with Crippen LogP contribution in [-0.2, 0) is 11.2 Å². The Kier molecular flexibility index (Phi) is 3.73. The molecule has 1 fully saturated rings. The molecular weight excluding hydrogens is 246 g/mol. The molecule has 0 spiro atoms. The number of rotatable bonds is 4. The maximum atomic E-state index is 12.9. The number of nitrogens with one attached hydrogen (secondary N) is 2. The van der Waals surface area contributed by atoms with Crippen LogP contribution in [0.2, 0.25) is 0 Å². The van der Waals surface area contributed by atoms with Crippen LogP contribution in [0.4, 0.5) is 8.78 Å². The van der Waals surface area contributed by atoms with Crippen molar-refractivity contribution < 1.29 is 13.6 Å². The van der Waals surface area contributed by atoms with Gasteiger partial charge in [-0.2, -0.15) is 0 Å². The number of hydrogen-bond donors (Lipinski definition) is 2. The summed E-state index contributed by atoms with van der Waals surface area (Å²) in [6.07, 6.45) is 0.338. The summed E-state index contributed by atoms with van der Waals surface area (Å²) in [5.74, 6) is -3.09. The first-order chi connectivity index (χ1) is 8.07. The van der Waals surface area contributed by atoms with Gasteiger partial charge in [0.05, 0.1) is 12.6 Å². The van der Waals surface area contributed by atoms with Crippen molar-refractivity contribution in [2.75, 3.05) is 13.1 Å². The molecule has 94 valence electrons. The van der Waals surface area contributed by atoms with Gasteiger partial charge in [-0.05, 0) is 17.9 Å². The van der Waals surface area contributed by atoms with Gasteiger partial charge < -0.3 is 5.32 Å². The minimum absolute atomic E-state index is 0.335. The van der Waals surface area contributed by atoms with E-state index in [-0.39, 0.29) is 5.91 Å². The van der Waals surface area contributed by atoms with Crippen molar-refractivity contribution in [2.45, 2.75) is 24.8 Å². The Bertz CT molecular complexity index is 381. The second-order valence-corrected chi connectivity index (χ2v) is 5.15. The van der Waals surface area contributed by atoms with E-state index in [2.05, 4.69) is 10.6 Å². The standard InChI is InChI=1S/C11H14F2N2OS/c12-11(13)6-9(15-7-11)10(16)14-4-3-8-2-1-5-17-8/h1-2,5,9,15H,3-4,6-7H2,(H,14,16). The third kappa shape index (κ3) is 3.47. The van der Waals surface area contributed by atoms with Crippen LogP contribution < -0.4 is 10.6 Å². The van der Waals surface area contributed by atoms with Gasteiger partial charge in [0.15, 0.2) is 0 Å². The molecule has 0 aliphatic carbocycles. The lowest BCUT2D eigenvalue weighted by atomic mass is 10.2. The first-order valence-corrected chi connectivity index (χ1v) is 6.36. The molecule has 1 aromatic heterocycles. The molecule has 0 saturated carbocycles. The molecule has 1 amide bonds. The van der Waals surface area contributed by atoms with E-state index in [0.29, 0.717) is 6.54 Å². The molecule has 2 heterocycles. The molecular formula is C11H14F2N2OS. The maximum Gasteiger partial charge on any atom is 0.262 e. The lowest BCUT2D eigenvalue weighted by Gasteiger charge is -2.10. The molecule has 0 aromatic carbocycles. The molecule has 2 rings (SSSR count). The van der Waals surface area contributed by atoms with Crippen LogP contribution in [0.5, 0.6) is 0 Å². The number of halogens is 2. The van der Waals surface area contributed by atoms with Crippen LogP contribution in [-0.4, -0.2) is 31.0 Å². The molecule has 6 heteroatoms. The summed E-state index contributed by atoms with van der Waals surface area (Å²) in [5, 5.41) is 7.17. The molecule has 0 radical (unpaired) electrons. The van der Waals surface area contributed by atoms with Gasteiger partial charge in [-0.3, -0.25) is 10.1 Å². The summed E-state index contributed by atoms with van der Waals surface area (Å²) >= 11 is 1.62. The van der Waals surface area contributed by atoms with Gasteiger partial charge in [0.25, 0.3) is 5.92 Å². The number of thiophene rings is 1. The molecule has 1 unspecified atom stereocenters. The van der Waals surface area contributed by atoms with Crippen molar-refractivity contribution in [3.63, 3.8) is 0 Å². The highest BCUT2D eigenvalue weighted by molar-refractivity contribution is 7.09. The van der Waals surface area contributed by atoms with Crippen LogP contribution in [0, 0.1) is 0 Å². The monoisotopic (exact) mass is 260 g/mol. The van der Waals surface area contributed by atoms with Crippen molar-refractivity contribution in [2.24, 2.45) is 0 Å². The molecule has 1 aliphatic heterocycles. The molecule has 1 aromatic rings. The summed E-state index contributed by atoms with van der Waals surface area (Å²) in [7, 11) is 0. The van der Waals surface area contributed by atoms with Gasteiger partial charge in [-0.1, -0.05) is 6.07 Å². The number of hydrogen-bond acceptors (Lipinski definition) is 3. The van der Waals surface area contributed by atoms with Crippen LogP contribution in [0.1, 0.15) is 11.3 Å². The van der Waals surface area contributed by atoms with Crippen molar-refractivity contribution in [1.29, 1.82) is 0 Å². The fourth-order valence-electron chi connectivity index (χ4n) is 1.79. The number of carbonyl (C=O) groups excluding carboxylic acids is 1. The number of carbonyl (C=O) groups is 1. The molecule has 2 N–H and O–H groups in total. The summed E-state index contributed by atoms with van der Waals surface area (Å²) in [4.78, 5) is 12.7. The van der Waals surface area contributed by atoms with Crippen molar-refractivity contribution in [3.8, 4) is 0 Å². The summed E-state index contributed by atoms with van der Waals surface area (Å²) < 4.78 is 25.7. The smallest absolute Gasteiger partial charge is 0.262 e. The Morgan fingerprint density at radius 1 is 1.65 bits per heavy atom. The average molecular weight is 260 g/mol. The first-order valence-electron chi connectivity index (χ1n) is 5.48. The van der Waals surface area contributed by atoms with Gasteiger partial charge >= 0.3 is 0 Å². The molecule has 1 saturated heterocycles. The molecule has 1 aliphatic rings. The van der Waals surface area contributed by atoms with Crippen molar-refractivity contribution >= 4 is 17.2 Å². The van der Waals surface area contributed by atoms with E-state index >= 15 is 0 Å².